The first-order valence-electron chi connectivity index (χ1n) is 6.94. The molecule has 1 amide bonds. The molecule has 2 aromatic carbocycles. The number of hydrazone groups is 1. The highest BCUT2D eigenvalue weighted by Crippen LogP contribution is 2.16. The molecule has 0 fully saturated rings. The van der Waals surface area contributed by atoms with Gasteiger partial charge in [-0.05, 0) is 44.2 Å². The standard InChI is InChI=1S/C17H17ClN2O2/c1-3-22-14-10-8-13(9-11-14)17(21)20-19-12(2)15-6-4-5-7-16(15)18/h4-11H,3H2,1-2H3,(H,20,21)/b19-12+. The molecule has 0 bridgehead atoms. The van der Waals surface area contributed by atoms with Gasteiger partial charge in [0.1, 0.15) is 5.75 Å². The third-order valence-electron chi connectivity index (χ3n) is 3.02. The van der Waals surface area contributed by atoms with Gasteiger partial charge >= 0.3 is 0 Å². The normalized spacial score (nSPS) is 11.1. The van der Waals surface area contributed by atoms with E-state index < -0.39 is 0 Å². The molecule has 0 radical (unpaired) electrons. The zero-order valence-electron chi connectivity index (χ0n) is 12.5. The molecule has 0 unspecified atom stereocenters. The minimum Gasteiger partial charge on any atom is -0.494 e. The topological polar surface area (TPSA) is 50.7 Å². The zero-order valence-corrected chi connectivity index (χ0v) is 13.2. The van der Waals surface area contributed by atoms with Gasteiger partial charge in [0.25, 0.3) is 5.91 Å². The highest BCUT2D eigenvalue weighted by molar-refractivity contribution is 6.34. The maximum atomic E-state index is 12.0. The van der Waals surface area contributed by atoms with Crippen LogP contribution in [0.25, 0.3) is 0 Å². The monoisotopic (exact) mass is 316 g/mol. The Kier molecular flexibility index (Phi) is 5.55. The molecule has 0 saturated heterocycles. The van der Waals surface area contributed by atoms with Crippen molar-refractivity contribution >= 4 is 23.2 Å². The van der Waals surface area contributed by atoms with Crippen molar-refractivity contribution in [1.29, 1.82) is 0 Å². The summed E-state index contributed by atoms with van der Waals surface area (Å²) in [5, 5.41) is 4.69. The van der Waals surface area contributed by atoms with E-state index >= 15 is 0 Å². The summed E-state index contributed by atoms with van der Waals surface area (Å²) >= 11 is 6.09. The van der Waals surface area contributed by atoms with Crippen LogP contribution in [0, 0.1) is 0 Å². The quantitative estimate of drug-likeness (QED) is 0.672. The predicted molar refractivity (Wildman–Crippen MR) is 88.7 cm³/mol. The van der Waals surface area contributed by atoms with Crippen molar-refractivity contribution in [2.45, 2.75) is 13.8 Å². The van der Waals surface area contributed by atoms with Gasteiger partial charge in [0.15, 0.2) is 0 Å². The molecule has 2 aromatic rings. The average molecular weight is 317 g/mol. The first-order chi connectivity index (χ1) is 10.6. The molecule has 0 aliphatic rings. The highest BCUT2D eigenvalue weighted by atomic mass is 35.5. The number of carbonyl (C=O) groups is 1. The number of hydrogen-bond donors (Lipinski definition) is 1. The Bertz CT molecular complexity index is 681. The lowest BCUT2D eigenvalue weighted by Gasteiger charge is -2.06. The summed E-state index contributed by atoms with van der Waals surface area (Å²) in [6.45, 7) is 4.29. The maximum Gasteiger partial charge on any atom is 0.271 e. The van der Waals surface area contributed by atoms with Crippen molar-refractivity contribution in [1.82, 2.24) is 5.43 Å². The molecule has 0 heterocycles. The van der Waals surface area contributed by atoms with E-state index in [1.54, 1.807) is 37.3 Å². The van der Waals surface area contributed by atoms with Gasteiger partial charge in [-0.25, -0.2) is 5.43 Å². The molecule has 114 valence electrons. The lowest BCUT2D eigenvalue weighted by atomic mass is 10.1. The third kappa shape index (κ3) is 4.09. The van der Waals surface area contributed by atoms with E-state index in [4.69, 9.17) is 16.3 Å². The summed E-state index contributed by atoms with van der Waals surface area (Å²) in [5.74, 6) is 0.448. The number of amides is 1. The smallest absolute Gasteiger partial charge is 0.271 e. The maximum absolute atomic E-state index is 12.0. The summed E-state index contributed by atoms with van der Waals surface area (Å²) < 4.78 is 5.34. The Hall–Kier alpha value is -2.33. The lowest BCUT2D eigenvalue weighted by molar-refractivity contribution is 0.0955. The first-order valence-corrected chi connectivity index (χ1v) is 7.32. The minimum atomic E-state index is -0.283. The van der Waals surface area contributed by atoms with E-state index in [-0.39, 0.29) is 5.91 Å². The van der Waals surface area contributed by atoms with Crippen LogP contribution in [0.2, 0.25) is 5.02 Å². The molecular formula is C17H17ClN2O2. The van der Waals surface area contributed by atoms with Crippen LogP contribution in [0.4, 0.5) is 0 Å². The van der Waals surface area contributed by atoms with Crippen LogP contribution >= 0.6 is 11.6 Å². The van der Waals surface area contributed by atoms with Crippen molar-refractivity contribution in [3.63, 3.8) is 0 Å². The van der Waals surface area contributed by atoms with Gasteiger partial charge in [-0.3, -0.25) is 4.79 Å². The van der Waals surface area contributed by atoms with Gasteiger partial charge in [0, 0.05) is 16.1 Å². The Balaban J connectivity index is 2.05. The Labute approximate surface area is 134 Å². The molecule has 0 spiro atoms. The van der Waals surface area contributed by atoms with Gasteiger partial charge in [-0.15, -0.1) is 0 Å². The largest absolute Gasteiger partial charge is 0.494 e. The van der Waals surface area contributed by atoms with Crippen molar-refractivity contribution in [3.8, 4) is 5.75 Å². The number of hydrogen-bond acceptors (Lipinski definition) is 3. The summed E-state index contributed by atoms with van der Waals surface area (Å²) in [7, 11) is 0. The van der Waals surface area contributed by atoms with Crippen molar-refractivity contribution in [2.75, 3.05) is 6.61 Å². The van der Waals surface area contributed by atoms with Gasteiger partial charge < -0.3 is 4.74 Å². The molecule has 0 saturated carbocycles. The molecule has 0 aliphatic heterocycles. The highest BCUT2D eigenvalue weighted by Gasteiger charge is 2.06. The SMILES string of the molecule is CCOc1ccc(C(=O)N/N=C(\C)c2ccccc2Cl)cc1. The number of nitrogens with zero attached hydrogens (tertiary/aromatic N) is 1. The summed E-state index contributed by atoms with van der Waals surface area (Å²) in [6.07, 6.45) is 0. The second-order valence-corrected chi connectivity index (χ2v) is 4.98. The summed E-state index contributed by atoms with van der Waals surface area (Å²) in [4.78, 5) is 12.0. The van der Waals surface area contributed by atoms with Crippen molar-refractivity contribution in [2.24, 2.45) is 5.10 Å². The number of nitrogens with one attached hydrogen (secondary N) is 1. The van der Waals surface area contributed by atoms with Gasteiger partial charge in [0.05, 0.1) is 12.3 Å². The van der Waals surface area contributed by atoms with Gasteiger partial charge in [-0.2, -0.15) is 5.10 Å². The third-order valence-corrected chi connectivity index (χ3v) is 3.35. The molecular weight excluding hydrogens is 300 g/mol. The zero-order chi connectivity index (χ0) is 15.9. The van der Waals surface area contributed by atoms with Crippen molar-refractivity contribution in [3.05, 3.63) is 64.7 Å². The molecule has 0 atom stereocenters. The Morgan fingerprint density at radius 3 is 2.50 bits per heavy atom. The Morgan fingerprint density at radius 1 is 1.18 bits per heavy atom. The Morgan fingerprint density at radius 2 is 1.86 bits per heavy atom. The van der Waals surface area contributed by atoms with E-state index in [0.29, 0.717) is 22.9 Å². The van der Waals surface area contributed by atoms with Gasteiger partial charge in [-0.1, -0.05) is 29.8 Å². The molecule has 5 heteroatoms. The van der Waals surface area contributed by atoms with E-state index in [2.05, 4.69) is 10.5 Å². The van der Waals surface area contributed by atoms with E-state index in [0.717, 1.165) is 11.3 Å². The molecule has 0 aliphatic carbocycles. The van der Waals surface area contributed by atoms with Crippen LogP contribution in [0.1, 0.15) is 29.8 Å². The average Bonchev–Trinajstić information content (AvgIpc) is 2.54. The fourth-order valence-corrected chi connectivity index (χ4v) is 2.16. The first kappa shape index (κ1) is 16.0. The number of rotatable bonds is 5. The number of carbonyl (C=O) groups excluding carboxylic acids is 1. The fraction of sp³-hybridized carbons (Fsp3) is 0.176. The van der Waals surface area contributed by atoms with Crippen LogP contribution in [-0.4, -0.2) is 18.2 Å². The summed E-state index contributed by atoms with van der Waals surface area (Å²) in [5.41, 5.74) is 4.47. The second-order valence-electron chi connectivity index (χ2n) is 4.58. The molecule has 0 aromatic heterocycles. The number of benzene rings is 2. The van der Waals surface area contributed by atoms with E-state index in [1.807, 2.05) is 25.1 Å². The summed E-state index contributed by atoms with van der Waals surface area (Å²) in [6, 6.07) is 14.2. The van der Waals surface area contributed by atoms with Crippen LogP contribution in [0.5, 0.6) is 5.75 Å². The lowest BCUT2D eigenvalue weighted by Crippen LogP contribution is -2.19. The van der Waals surface area contributed by atoms with Gasteiger partial charge in [0.2, 0.25) is 0 Å². The number of halogens is 1. The van der Waals surface area contributed by atoms with E-state index in [9.17, 15) is 4.79 Å². The van der Waals surface area contributed by atoms with E-state index in [1.165, 1.54) is 0 Å². The molecule has 2 rings (SSSR count). The van der Waals surface area contributed by atoms with Crippen LogP contribution in [0.15, 0.2) is 53.6 Å². The fourth-order valence-electron chi connectivity index (χ4n) is 1.88. The van der Waals surface area contributed by atoms with Crippen LogP contribution in [0.3, 0.4) is 0 Å². The predicted octanol–water partition coefficient (Wildman–Crippen LogP) is 3.89. The second kappa shape index (κ2) is 7.61. The van der Waals surface area contributed by atoms with Crippen LogP contribution in [-0.2, 0) is 0 Å². The van der Waals surface area contributed by atoms with Crippen molar-refractivity contribution < 1.29 is 9.53 Å². The molecule has 22 heavy (non-hydrogen) atoms. The number of ether oxygens (including phenoxy) is 1. The molecule has 4 nitrogen and oxygen atoms in total. The van der Waals surface area contributed by atoms with Crippen LogP contribution < -0.4 is 10.2 Å². The molecule has 1 N–H and O–H groups in total. The minimum absolute atomic E-state index is 0.283.